The molecule has 6 nitrogen and oxygen atoms in total. The highest BCUT2D eigenvalue weighted by Gasteiger charge is 2.20. The van der Waals surface area contributed by atoms with E-state index in [0.717, 1.165) is 58.3 Å². The lowest BCUT2D eigenvalue weighted by Crippen LogP contribution is -2.53. The monoisotopic (exact) mass is 469 g/mol. The van der Waals surface area contributed by atoms with Crippen LogP contribution in [0.15, 0.2) is 4.99 Å². The number of halogens is 1. The van der Waals surface area contributed by atoms with Crippen molar-refractivity contribution in [1.82, 2.24) is 20.4 Å². The fourth-order valence-electron chi connectivity index (χ4n) is 2.81. The van der Waals surface area contributed by atoms with Crippen molar-refractivity contribution in [2.24, 2.45) is 10.9 Å². The highest BCUT2D eigenvalue weighted by atomic mass is 127. The molecule has 0 spiro atoms. The molecule has 0 saturated carbocycles. The minimum Gasteiger partial charge on any atom is -0.381 e. The number of rotatable bonds is 10. The van der Waals surface area contributed by atoms with E-state index in [4.69, 9.17) is 4.74 Å². The zero-order valence-electron chi connectivity index (χ0n) is 16.9. The predicted octanol–water partition coefficient (Wildman–Crippen LogP) is 1.86. The quantitative estimate of drug-likeness (QED) is 0.222. The van der Waals surface area contributed by atoms with Crippen molar-refractivity contribution in [3.63, 3.8) is 0 Å². The molecule has 0 aromatic rings. The Morgan fingerprint density at radius 2 is 1.80 bits per heavy atom. The lowest BCUT2D eigenvalue weighted by molar-refractivity contribution is 0.107. The van der Waals surface area contributed by atoms with Crippen molar-refractivity contribution >= 4 is 29.9 Å². The van der Waals surface area contributed by atoms with Crippen LogP contribution in [0.3, 0.4) is 0 Å². The number of ether oxygens (including phenoxy) is 1. The molecular formula is C18H40IN5O. The average molecular weight is 469 g/mol. The molecule has 1 saturated heterocycles. The van der Waals surface area contributed by atoms with Gasteiger partial charge in [-0.05, 0) is 25.8 Å². The van der Waals surface area contributed by atoms with Gasteiger partial charge in [0.2, 0.25) is 0 Å². The molecule has 1 atom stereocenters. The molecule has 1 aliphatic heterocycles. The number of nitrogens with one attached hydrogen (secondary N) is 2. The number of likely N-dealkylation sites (N-methyl/N-ethyl adjacent to an activating group) is 1. The summed E-state index contributed by atoms with van der Waals surface area (Å²) in [5, 5.41) is 6.81. The molecule has 2 N–H and O–H groups in total. The third-order valence-electron chi connectivity index (χ3n) is 4.48. The van der Waals surface area contributed by atoms with Gasteiger partial charge in [-0.1, -0.05) is 20.8 Å². The normalized spacial score (nSPS) is 18.1. The maximum Gasteiger partial charge on any atom is 0.191 e. The maximum absolute atomic E-state index is 5.60. The number of nitrogens with zero attached hydrogens (tertiary/aromatic N) is 3. The number of guanidine groups is 1. The Hall–Kier alpha value is -0.120. The van der Waals surface area contributed by atoms with Crippen LogP contribution in [0.4, 0.5) is 0 Å². The Bertz CT molecular complexity index is 346. The van der Waals surface area contributed by atoms with E-state index in [-0.39, 0.29) is 24.0 Å². The van der Waals surface area contributed by atoms with Gasteiger partial charge in [-0.3, -0.25) is 9.89 Å². The third-order valence-corrected chi connectivity index (χ3v) is 4.48. The van der Waals surface area contributed by atoms with Gasteiger partial charge >= 0.3 is 0 Å². The Kier molecular flexibility index (Phi) is 14.9. The van der Waals surface area contributed by atoms with Crippen molar-refractivity contribution in [2.75, 3.05) is 66.1 Å². The van der Waals surface area contributed by atoms with Crippen LogP contribution in [0.25, 0.3) is 0 Å². The standard InChI is InChI=1S/C18H39N5O.HI/c1-6-22-9-11-23(12-10-22)17(4)14-21-18(19-5)20-8-7-13-24-15-16(2)3;/h16-17H,6-15H2,1-5H3,(H2,19,20,21);1H. The van der Waals surface area contributed by atoms with Gasteiger partial charge in [-0.15, -0.1) is 24.0 Å². The van der Waals surface area contributed by atoms with Crippen LogP contribution in [-0.2, 0) is 4.74 Å². The van der Waals surface area contributed by atoms with E-state index in [1.54, 1.807) is 0 Å². The molecule has 25 heavy (non-hydrogen) atoms. The lowest BCUT2D eigenvalue weighted by Gasteiger charge is -2.37. The van der Waals surface area contributed by atoms with E-state index in [0.29, 0.717) is 12.0 Å². The van der Waals surface area contributed by atoms with Crippen LogP contribution in [0, 0.1) is 5.92 Å². The molecule has 1 fully saturated rings. The van der Waals surface area contributed by atoms with Gasteiger partial charge in [0.1, 0.15) is 0 Å². The molecule has 150 valence electrons. The first kappa shape index (κ1) is 24.9. The molecule has 7 heteroatoms. The zero-order chi connectivity index (χ0) is 17.8. The molecular weight excluding hydrogens is 429 g/mol. The van der Waals surface area contributed by atoms with Crippen LogP contribution in [0.2, 0.25) is 0 Å². The molecule has 0 amide bonds. The Labute approximate surface area is 172 Å². The summed E-state index contributed by atoms with van der Waals surface area (Å²) in [7, 11) is 1.83. The predicted molar refractivity (Wildman–Crippen MR) is 118 cm³/mol. The molecule has 0 bridgehead atoms. The van der Waals surface area contributed by atoms with E-state index in [1.165, 1.54) is 13.1 Å². The van der Waals surface area contributed by atoms with Crippen molar-refractivity contribution in [2.45, 2.75) is 40.2 Å². The van der Waals surface area contributed by atoms with Crippen LogP contribution in [-0.4, -0.2) is 87.9 Å². The highest BCUT2D eigenvalue weighted by molar-refractivity contribution is 14.0. The fraction of sp³-hybridized carbons (Fsp3) is 0.944. The van der Waals surface area contributed by atoms with E-state index in [1.807, 2.05) is 7.05 Å². The van der Waals surface area contributed by atoms with Gasteiger partial charge < -0.3 is 20.3 Å². The smallest absolute Gasteiger partial charge is 0.191 e. The second kappa shape index (κ2) is 15.0. The van der Waals surface area contributed by atoms with Crippen molar-refractivity contribution < 1.29 is 4.74 Å². The van der Waals surface area contributed by atoms with Gasteiger partial charge in [-0.2, -0.15) is 0 Å². The summed E-state index contributed by atoms with van der Waals surface area (Å²) in [6, 6.07) is 0.525. The minimum atomic E-state index is 0. The molecule has 0 aliphatic carbocycles. The minimum absolute atomic E-state index is 0. The van der Waals surface area contributed by atoms with Crippen molar-refractivity contribution in [3.8, 4) is 0 Å². The van der Waals surface area contributed by atoms with Gasteiger partial charge in [0.25, 0.3) is 0 Å². The van der Waals surface area contributed by atoms with E-state index in [2.05, 4.69) is 53.1 Å². The molecule has 0 aromatic heterocycles. The average Bonchev–Trinajstić information content (AvgIpc) is 2.60. The first-order valence-corrected chi connectivity index (χ1v) is 9.55. The van der Waals surface area contributed by atoms with Gasteiger partial charge in [0, 0.05) is 65.6 Å². The van der Waals surface area contributed by atoms with Crippen molar-refractivity contribution in [3.05, 3.63) is 0 Å². The molecule has 1 heterocycles. The van der Waals surface area contributed by atoms with Crippen LogP contribution >= 0.6 is 24.0 Å². The second-order valence-corrected chi connectivity index (χ2v) is 7.02. The summed E-state index contributed by atoms with van der Waals surface area (Å²) in [6.07, 6.45) is 1.00. The second-order valence-electron chi connectivity index (χ2n) is 7.02. The number of hydrogen-bond donors (Lipinski definition) is 2. The Balaban J connectivity index is 0.00000576. The molecule has 1 unspecified atom stereocenters. The molecule has 0 radical (unpaired) electrons. The summed E-state index contributed by atoms with van der Waals surface area (Å²) in [5.74, 6) is 1.49. The largest absolute Gasteiger partial charge is 0.381 e. The third kappa shape index (κ3) is 11.2. The maximum atomic E-state index is 5.60. The van der Waals surface area contributed by atoms with Crippen molar-refractivity contribution in [1.29, 1.82) is 0 Å². The van der Waals surface area contributed by atoms with Gasteiger partial charge in [0.15, 0.2) is 5.96 Å². The molecule has 0 aromatic carbocycles. The number of piperazine rings is 1. The fourth-order valence-corrected chi connectivity index (χ4v) is 2.81. The zero-order valence-corrected chi connectivity index (χ0v) is 19.2. The van der Waals surface area contributed by atoms with Crippen LogP contribution in [0.1, 0.15) is 34.1 Å². The van der Waals surface area contributed by atoms with Gasteiger partial charge in [-0.25, -0.2) is 0 Å². The first-order valence-electron chi connectivity index (χ1n) is 9.55. The Morgan fingerprint density at radius 1 is 1.12 bits per heavy atom. The summed E-state index contributed by atoms with van der Waals surface area (Å²) >= 11 is 0. The summed E-state index contributed by atoms with van der Waals surface area (Å²) in [5.41, 5.74) is 0. The Morgan fingerprint density at radius 3 is 2.36 bits per heavy atom. The lowest BCUT2D eigenvalue weighted by atomic mass is 10.2. The molecule has 1 rings (SSSR count). The highest BCUT2D eigenvalue weighted by Crippen LogP contribution is 2.05. The van der Waals surface area contributed by atoms with E-state index in [9.17, 15) is 0 Å². The van der Waals surface area contributed by atoms with Gasteiger partial charge in [0.05, 0.1) is 0 Å². The van der Waals surface area contributed by atoms with E-state index < -0.39 is 0 Å². The van der Waals surface area contributed by atoms with E-state index >= 15 is 0 Å². The number of hydrogen-bond acceptors (Lipinski definition) is 4. The topological polar surface area (TPSA) is 52.1 Å². The SMILES string of the molecule is CCN1CCN(C(C)CNC(=NC)NCCCOCC(C)C)CC1.I. The van der Waals surface area contributed by atoms with Crippen LogP contribution in [0.5, 0.6) is 0 Å². The van der Waals surface area contributed by atoms with Crippen LogP contribution < -0.4 is 10.6 Å². The summed E-state index contributed by atoms with van der Waals surface area (Å²) in [4.78, 5) is 9.38. The molecule has 1 aliphatic rings. The summed E-state index contributed by atoms with van der Waals surface area (Å²) < 4.78 is 5.60. The first-order chi connectivity index (χ1) is 11.6. The number of aliphatic imine (C=N–C) groups is 1. The summed E-state index contributed by atoms with van der Waals surface area (Å²) in [6.45, 7) is 18.2.